The van der Waals surface area contributed by atoms with E-state index < -0.39 is 6.10 Å². The number of ether oxygens (including phenoxy) is 1. The molecule has 1 amide bonds. The Morgan fingerprint density at radius 3 is 2.83 bits per heavy atom. The summed E-state index contributed by atoms with van der Waals surface area (Å²) in [6.45, 7) is 10.9. The van der Waals surface area contributed by atoms with E-state index in [0.717, 1.165) is 30.9 Å². The molecule has 1 aliphatic rings. The molecule has 0 aromatic heterocycles. The number of piperidine rings is 1. The van der Waals surface area contributed by atoms with Crippen molar-refractivity contribution in [3.8, 4) is 5.75 Å². The fourth-order valence-electron chi connectivity index (χ4n) is 2.83. The van der Waals surface area contributed by atoms with E-state index in [2.05, 4.69) is 42.7 Å². The molecule has 1 aliphatic heterocycles. The molecule has 1 aromatic rings. The van der Waals surface area contributed by atoms with Gasteiger partial charge in [-0.3, -0.25) is 4.79 Å². The molecule has 1 aromatic carbocycles. The molecule has 1 fully saturated rings. The minimum Gasteiger partial charge on any atom is -0.481 e. The van der Waals surface area contributed by atoms with E-state index in [0.29, 0.717) is 11.8 Å². The first kappa shape index (κ1) is 17.8. The summed E-state index contributed by atoms with van der Waals surface area (Å²) in [5.41, 5.74) is 2.29. The maximum absolute atomic E-state index is 12.3. The molecule has 0 saturated carbocycles. The number of aryl methyl sites for hydroxylation is 1. The molecule has 2 unspecified atom stereocenters. The Bertz CT molecular complexity index is 522. The van der Waals surface area contributed by atoms with Gasteiger partial charge in [0.25, 0.3) is 5.91 Å². The molecule has 0 spiro atoms. The van der Waals surface area contributed by atoms with Gasteiger partial charge in [0.15, 0.2) is 6.10 Å². The highest BCUT2D eigenvalue weighted by Gasteiger charge is 2.19. The van der Waals surface area contributed by atoms with Gasteiger partial charge in [-0.1, -0.05) is 26.0 Å². The Labute approximate surface area is 140 Å². The molecule has 4 heteroatoms. The maximum atomic E-state index is 12.3. The lowest BCUT2D eigenvalue weighted by Gasteiger charge is -2.24. The van der Waals surface area contributed by atoms with Crippen LogP contribution < -0.4 is 15.4 Å². The highest BCUT2D eigenvalue weighted by molar-refractivity contribution is 5.80. The van der Waals surface area contributed by atoms with Gasteiger partial charge in [-0.05, 0) is 68.8 Å². The number of hydrogen-bond acceptors (Lipinski definition) is 3. The highest BCUT2D eigenvalue weighted by atomic mass is 16.5. The lowest BCUT2D eigenvalue weighted by molar-refractivity contribution is -0.127. The summed E-state index contributed by atoms with van der Waals surface area (Å²) in [6.07, 6.45) is 1.89. The molecule has 2 atom stereocenters. The number of carbonyl (C=O) groups is 1. The molecule has 1 heterocycles. The Hall–Kier alpha value is -1.55. The van der Waals surface area contributed by atoms with Gasteiger partial charge in [-0.15, -0.1) is 0 Å². The van der Waals surface area contributed by atoms with Crippen LogP contribution in [-0.2, 0) is 4.79 Å². The van der Waals surface area contributed by atoms with Crippen molar-refractivity contribution >= 4 is 5.91 Å². The topological polar surface area (TPSA) is 50.4 Å². The Morgan fingerprint density at radius 2 is 2.17 bits per heavy atom. The first-order valence-corrected chi connectivity index (χ1v) is 8.73. The van der Waals surface area contributed by atoms with Crippen LogP contribution in [0, 0.1) is 12.8 Å². The SMILES string of the molecule is Cc1ccc(C(C)C)cc1OC(C)C(=O)NCC1CCCNC1. The summed E-state index contributed by atoms with van der Waals surface area (Å²) in [7, 11) is 0. The van der Waals surface area contributed by atoms with Gasteiger partial charge in [0.05, 0.1) is 0 Å². The molecule has 2 rings (SSSR count). The lowest BCUT2D eigenvalue weighted by Crippen LogP contribution is -2.42. The van der Waals surface area contributed by atoms with Crippen molar-refractivity contribution < 1.29 is 9.53 Å². The van der Waals surface area contributed by atoms with Crippen LogP contribution >= 0.6 is 0 Å². The minimum atomic E-state index is -0.479. The van der Waals surface area contributed by atoms with Gasteiger partial charge in [-0.2, -0.15) is 0 Å². The summed E-state index contributed by atoms with van der Waals surface area (Å²) < 4.78 is 5.91. The van der Waals surface area contributed by atoms with Gasteiger partial charge >= 0.3 is 0 Å². The zero-order chi connectivity index (χ0) is 16.8. The number of rotatable bonds is 6. The predicted molar refractivity (Wildman–Crippen MR) is 94.0 cm³/mol. The third-order valence-corrected chi connectivity index (χ3v) is 4.52. The predicted octanol–water partition coefficient (Wildman–Crippen LogP) is 3.00. The van der Waals surface area contributed by atoms with Crippen LogP contribution in [0.25, 0.3) is 0 Å². The molecule has 0 bridgehead atoms. The number of nitrogens with one attached hydrogen (secondary N) is 2. The normalized spacial score (nSPS) is 19.4. The van der Waals surface area contributed by atoms with E-state index in [1.165, 1.54) is 18.4 Å². The average Bonchev–Trinajstić information content (AvgIpc) is 2.55. The number of hydrogen-bond donors (Lipinski definition) is 2. The van der Waals surface area contributed by atoms with Crippen molar-refractivity contribution in [3.05, 3.63) is 29.3 Å². The van der Waals surface area contributed by atoms with Crippen molar-refractivity contribution in [2.45, 2.75) is 52.6 Å². The van der Waals surface area contributed by atoms with Crippen LogP contribution in [0.4, 0.5) is 0 Å². The van der Waals surface area contributed by atoms with Crippen LogP contribution in [0.15, 0.2) is 18.2 Å². The first-order chi connectivity index (χ1) is 11.0. The second kappa shape index (κ2) is 8.34. The van der Waals surface area contributed by atoms with Crippen molar-refractivity contribution in [3.63, 3.8) is 0 Å². The van der Waals surface area contributed by atoms with E-state index in [1.54, 1.807) is 0 Å². The molecule has 4 nitrogen and oxygen atoms in total. The maximum Gasteiger partial charge on any atom is 0.260 e. The summed E-state index contributed by atoms with van der Waals surface area (Å²) in [5.74, 6) is 1.75. The third kappa shape index (κ3) is 5.24. The zero-order valence-corrected chi connectivity index (χ0v) is 14.8. The van der Waals surface area contributed by atoms with E-state index in [1.807, 2.05) is 13.8 Å². The van der Waals surface area contributed by atoms with Gasteiger partial charge in [0.1, 0.15) is 5.75 Å². The third-order valence-electron chi connectivity index (χ3n) is 4.52. The average molecular weight is 318 g/mol. The van der Waals surface area contributed by atoms with Gasteiger partial charge in [0, 0.05) is 6.54 Å². The van der Waals surface area contributed by atoms with Crippen molar-refractivity contribution in [1.82, 2.24) is 10.6 Å². The van der Waals surface area contributed by atoms with Gasteiger partial charge in [0.2, 0.25) is 0 Å². The monoisotopic (exact) mass is 318 g/mol. The summed E-state index contributed by atoms with van der Waals surface area (Å²) in [4.78, 5) is 12.3. The van der Waals surface area contributed by atoms with Crippen molar-refractivity contribution in [2.75, 3.05) is 19.6 Å². The smallest absolute Gasteiger partial charge is 0.260 e. The number of amides is 1. The Morgan fingerprint density at radius 1 is 1.39 bits per heavy atom. The number of carbonyl (C=O) groups excluding carboxylic acids is 1. The van der Waals surface area contributed by atoms with Gasteiger partial charge < -0.3 is 15.4 Å². The molecular formula is C19H30N2O2. The van der Waals surface area contributed by atoms with E-state index in [-0.39, 0.29) is 5.91 Å². The first-order valence-electron chi connectivity index (χ1n) is 8.73. The van der Waals surface area contributed by atoms with E-state index in [4.69, 9.17) is 4.74 Å². The zero-order valence-electron chi connectivity index (χ0n) is 14.8. The van der Waals surface area contributed by atoms with E-state index in [9.17, 15) is 4.79 Å². The highest BCUT2D eigenvalue weighted by Crippen LogP contribution is 2.25. The van der Waals surface area contributed by atoms with Crippen LogP contribution in [0.3, 0.4) is 0 Å². The second-order valence-electron chi connectivity index (χ2n) is 6.90. The number of benzene rings is 1. The molecule has 23 heavy (non-hydrogen) atoms. The summed E-state index contributed by atoms with van der Waals surface area (Å²) >= 11 is 0. The van der Waals surface area contributed by atoms with E-state index >= 15 is 0 Å². The molecule has 128 valence electrons. The van der Waals surface area contributed by atoms with Crippen LogP contribution in [-0.4, -0.2) is 31.6 Å². The Balaban J connectivity index is 1.88. The summed E-state index contributed by atoms with van der Waals surface area (Å²) in [6, 6.07) is 6.23. The fraction of sp³-hybridized carbons (Fsp3) is 0.632. The van der Waals surface area contributed by atoms with Crippen LogP contribution in [0.1, 0.15) is 50.7 Å². The Kier molecular flexibility index (Phi) is 6.46. The molecule has 0 aliphatic carbocycles. The lowest BCUT2D eigenvalue weighted by atomic mass is 10.00. The van der Waals surface area contributed by atoms with Crippen molar-refractivity contribution in [2.24, 2.45) is 5.92 Å². The largest absolute Gasteiger partial charge is 0.481 e. The quantitative estimate of drug-likeness (QED) is 0.848. The summed E-state index contributed by atoms with van der Waals surface area (Å²) in [5, 5.41) is 6.39. The standard InChI is InChI=1S/C19H30N2O2/c1-13(2)17-8-7-14(3)18(10-17)23-15(4)19(22)21-12-16-6-5-9-20-11-16/h7-8,10,13,15-16,20H,5-6,9,11-12H2,1-4H3,(H,21,22). The molecule has 2 N–H and O–H groups in total. The van der Waals surface area contributed by atoms with Crippen molar-refractivity contribution in [1.29, 1.82) is 0 Å². The molecule has 0 radical (unpaired) electrons. The molecule has 1 saturated heterocycles. The second-order valence-corrected chi connectivity index (χ2v) is 6.90. The molecular weight excluding hydrogens is 288 g/mol. The van der Waals surface area contributed by atoms with Gasteiger partial charge in [-0.25, -0.2) is 0 Å². The fourth-order valence-corrected chi connectivity index (χ4v) is 2.83. The van der Waals surface area contributed by atoms with Crippen LogP contribution in [0.5, 0.6) is 5.75 Å². The van der Waals surface area contributed by atoms with Crippen LogP contribution in [0.2, 0.25) is 0 Å². The minimum absolute atomic E-state index is 0.0371.